The van der Waals surface area contributed by atoms with Crippen molar-refractivity contribution in [3.8, 4) is 6.07 Å². The summed E-state index contributed by atoms with van der Waals surface area (Å²) in [6.07, 6.45) is 1.90. The van der Waals surface area contributed by atoms with Crippen LogP contribution in [0.5, 0.6) is 0 Å². The van der Waals surface area contributed by atoms with Gasteiger partial charge in [0.2, 0.25) is 5.91 Å². The number of rotatable bonds is 3. The van der Waals surface area contributed by atoms with Crippen molar-refractivity contribution in [1.82, 2.24) is 4.90 Å². The molecule has 0 spiro atoms. The van der Waals surface area contributed by atoms with E-state index >= 15 is 0 Å². The second-order valence-electron chi connectivity index (χ2n) is 5.11. The van der Waals surface area contributed by atoms with Gasteiger partial charge in [-0.15, -0.1) is 0 Å². The molecule has 2 atom stereocenters. The summed E-state index contributed by atoms with van der Waals surface area (Å²) in [7, 11) is 1.74. The van der Waals surface area contributed by atoms with Crippen molar-refractivity contribution in [3.05, 3.63) is 35.4 Å². The first-order valence-electron chi connectivity index (χ1n) is 6.54. The van der Waals surface area contributed by atoms with Crippen LogP contribution in [0.3, 0.4) is 0 Å². The number of aliphatic hydroxyl groups excluding tert-OH is 1. The molecule has 0 aromatic heterocycles. The number of aliphatic hydroxyl groups is 1. The van der Waals surface area contributed by atoms with E-state index in [-0.39, 0.29) is 11.8 Å². The molecular weight excluding hydrogens is 240 g/mol. The zero-order valence-electron chi connectivity index (χ0n) is 11.0. The molecule has 0 saturated heterocycles. The van der Waals surface area contributed by atoms with Crippen LogP contribution in [0.1, 0.15) is 30.4 Å². The topological polar surface area (TPSA) is 64.3 Å². The van der Waals surface area contributed by atoms with Gasteiger partial charge in [0.15, 0.2) is 0 Å². The summed E-state index contributed by atoms with van der Waals surface area (Å²) in [6, 6.07) is 9.33. The SMILES string of the molecule is CN(Cc1cccc(C#N)c1)C(=O)C1CCCC1O. The van der Waals surface area contributed by atoms with E-state index in [0.29, 0.717) is 18.5 Å². The maximum absolute atomic E-state index is 12.2. The Morgan fingerprint density at radius 1 is 1.53 bits per heavy atom. The number of nitriles is 1. The van der Waals surface area contributed by atoms with Crippen molar-refractivity contribution in [1.29, 1.82) is 5.26 Å². The third-order valence-corrected chi connectivity index (χ3v) is 3.65. The molecule has 19 heavy (non-hydrogen) atoms. The Labute approximate surface area is 113 Å². The molecule has 0 aliphatic heterocycles. The maximum atomic E-state index is 12.2. The van der Waals surface area contributed by atoms with Crippen LogP contribution in [0.2, 0.25) is 0 Å². The summed E-state index contributed by atoms with van der Waals surface area (Å²) in [5, 5.41) is 18.6. The van der Waals surface area contributed by atoms with Crippen LogP contribution in [0.4, 0.5) is 0 Å². The first-order chi connectivity index (χ1) is 9.11. The molecule has 0 bridgehead atoms. The van der Waals surface area contributed by atoms with E-state index in [1.807, 2.05) is 12.1 Å². The van der Waals surface area contributed by atoms with E-state index in [1.54, 1.807) is 24.1 Å². The molecule has 4 heteroatoms. The van der Waals surface area contributed by atoms with Crippen molar-refractivity contribution < 1.29 is 9.90 Å². The third kappa shape index (κ3) is 3.12. The summed E-state index contributed by atoms with van der Waals surface area (Å²) in [4.78, 5) is 13.9. The van der Waals surface area contributed by atoms with Gasteiger partial charge in [-0.2, -0.15) is 5.26 Å². The van der Waals surface area contributed by atoms with Crippen LogP contribution in [0.15, 0.2) is 24.3 Å². The Balaban J connectivity index is 2.02. The molecule has 1 aliphatic rings. The summed E-state index contributed by atoms with van der Waals surface area (Å²) >= 11 is 0. The summed E-state index contributed by atoms with van der Waals surface area (Å²) in [5.41, 5.74) is 1.53. The van der Waals surface area contributed by atoms with Crippen molar-refractivity contribution in [2.45, 2.75) is 31.9 Å². The molecule has 100 valence electrons. The van der Waals surface area contributed by atoms with Crippen LogP contribution in [-0.2, 0) is 11.3 Å². The van der Waals surface area contributed by atoms with Gasteiger partial charge in [-0.05, 0) is 37.0 Å². The Morgan fingerprint density at radius 3 is 2.95 bits per heavy atom. The van der Waals surface area contributed by atoms with Crippen molar-refractivity contribution in [2.24, 2.45) is 5.92 Å². The number of amides is 1. The summed E-state index contributed by atoms with van der Waals surface area (Å²) < 4.78 is 0. The second-order valence-corrected chi connectivity index (χ2v) is 5.11. The molecular formula is C15H18N2O2. The fourth-order valence-electron chi connectivity index (χ4n) is 2.60. The highest BCUT2D eigenvalue weighted by Gasteiger charge is 2.33. The highest BCUT2D eigenvalue weighted by Crippen LogP contribution is 2.27. The average Bonchev–Trinajstić information content (AvgIpc) is 2.84. The minimum atomic E-state index is -0.500. The third-order valence-electron chi connectivity index (χ3n) is 3.65. The second kappa shape index (κ2) is 5.85. The first-order valence-corrected chi connectivity index (χ1v) is 6.54. The van der Waals surface area contributed by atoms with Gasteiger partial charge in [0.25, 0.3) is 0 Å². The molecule has 1 N–H and O–H groups in total. The fourth-order valence-corrected chi connectivity index (χ4v) is 2.60. The van der Waals surface area contributed by atoms with Crippen LogP contribution < -0.4 is 0 Å². The zero-order valence-corrected chi connectivity index (χ0v) is 11.0. The Morgan fingerprint density at radius 2 is 2.32 bits per heavy atom. The summed E-state index contributed by atoms with van der Waals surface area (Å²) in [6.45, 7) is 0.470. The van der Waals surface area contributed by atoms with Crippen molar-refractivity contribution in [3.63, 3.8) is 0 Å². The highest BCUT2D eigenvalue weighted by atomic mass is 16.3. The highest BCUT2D eigenvalue weighted by molar-refractivity contribution is 5.79. The predicted octanol–water partition coefficient (Wildman–Crippen LogP) is 1.68. The normalized spacial score (nSPS) is 21.9. The van der Waals surface area contributed by atoms with E-state index in [2.05, 4.69) is 6.07 Å². The quantitative estimate of drug-likeness (QED) is 0.897. The molecule has 1 saturated carbocycles. The number of nitrogens with zero attached hydrogens (tertiary/aromatic N) is 2. The standard InChI is InChI=1S/C15H18N2O2/c1-17(15(19)13-6-3-7-14(13)18)10-12-5-2-4-11(8-12)9-16/h2,4-5,8,13-14,18H,3,6-7,10H2,1H3. The fraction of sp³-hybridized carbons (Fsp3) is 0.467. The van der Waals surface area contributed by atoms with Gasteiger partial charge in [-0.3, -0.25) is 4.79 Å². The Kier molecular flexibility index (Phi) is 4.18. The minimum absolute atomic E-state index is 0.00707. The lowest BCUT2D eigenvalue weighted by atomic mass is 10.0. The number of hydrogen-bond donors (Lipinski definition) is 1. The van der Waals surface area contributed by atoms with Gasteiger partial charge in [-0.25, -0.2) is 0 Å². The van der Waals surface area contributed by atoms with E-state index in [0.717, 1.165) is 18.4 Å². The molecule has 2 rings (SSSR count). The van der Waals surface area contributed by atoms with Crippen LogP contribution in [0.25, 0.3) is 0 Å². The van der Waals surface area contributed by atoms with Gasteiger partial charge >= 0.3 is 0 Å². The smallest absolute Gasteiger partial charge is 0.228 e. The maximum Gasteiger partial charge on any atom is 0.228 e. The lowest BCUT2D eigenvalue weighted by Crippen LogP contribution is -2.36. The molecule has 2 unspecified atom stereocenters. The first kappa shape index (κ1) is 13.6. The van der Waals surface area contributed by atoms with Gasteiger partial charge in [0.1, 0.15) is 0 Å². The number of benzene rings is 1. The molecule has 1 aromatic rings. The molecule has 4 nitrogen and oxygen atoms in total. The number of carbonyl (C=O) groups excluding carboxylic acids is 1. The minimum Gasteiger partial charge on any atom is -0.392 e. The zero-order chi connectivity index (χ0) is 13.8. The van der Waals surface area contributed by atoms with E-state index < -0.39 is 6.10 Å². The van der Waals surface area contributed by atoms with Crippen LogP contribution in [-0.4, -0.2) is 29.1 Å². The van der Waals surface area contributed by atoms with Gasteiger partial charge < -0.3 is 10.0 Å². The van der Waals surface area contributed by atoms with Crippen LogP contribution in [0, 0.1) is 17.2 Å². The predicted molar refractivity (Wildman–Crippen MR) is 71.0 cm³/mol. The van der Waals surface area contributed by atoms with Gasteiger partial charge in [-0.1, -0.05) is 12.1 Å². The van der Waals surface area contributed by atoms with E-state index in [1.165, 1.54) is 0 Å². The molecule has 0 heterocycles. The molecule has 1 aliphatic carbocycles. The van der Waals surface area contributed by atoms with Gasteiger partial charge in [0, 0.05) is 13.6 Å². The lowest BCUT2D eigenvalue weighted by Gasteiger charge is -2.23. The van der Waals surface area contributed by atoms with E-state index in [9.17, 15) is 9.90 Å². The van der Waals surface area contributed by atoms with Gasteiger partial charge in [0.05, 0.1) is 23.7 Å². The number of carbonyl (C=O) groups is 1. The number of hydrogen-bond acceptors (Lipinski definition) is 3. The summed E-state index contributed by atoms with van der Waals surface area (Å²) in [5.74, 6) is -0.267. The van der Waals surface area contributed by atoms with E-state index in [4.69, 9.17) is 5.26 Å². The molecule has 1 amide bonds. The van der Waals surface area contributed by atoms with Crippen molar-refractivity contribution in [2.75, 3.05) is 7.05 Å². The van der Waals surface area contributed by atoms with Crippen LogP contribution >= 0.6 is 0 Å². The monoisotopic (exact) mass is 258 g/mol. The molecule has 1 aromatic carbocycles. The van der Waals surface area contributed by atoms with Crippen molar-refractivity contribution >= 4 is 5.91 Å². The average molecular weight is 258 g/mol. The Bertz CT molecular complexity index is 507. The lowest BCUT2D eigenvalue weighted by molar-refractivity contribution is -0.137. The largest absolute Gasteiger partial charge is 0.392 e. The Hall–Kier alpha value is -1.86. The molecule has 0 radical (unpaired) electrons. The molecule has 1 fully saturated rings.